The first-order chi connectivity index (χ1) is 6.18. The predicted molar refractivity (Wildman–Crippen MR) is 54.1 cm³/mol. The molecule has 0 radical (unpaired) electrons. The highest BCUT2D eigenvalue weighted by atomic mass is 32.2. The molecule has 0 rings (SSSR count). The molecule has 0 bridgehead atoms. The molecule has 0 atom stereocenters. The lowest BCUT2D eigenvalue weighted by Crippen LogP contribution is -2.49. The van der Waals surface area contributed by atoms with E-state index in [1.807, 2.05) is 0 Å². The van der Waals surface area contributed by atoms with Gasteiger partial charge in [0.2, 0.25) is 0 Å². The van der Waals surface area contributed by atoms with Crippen LogP contribution in [0.4, 0.5) is 0 Å². The van der Waals surface area contributed by atoms with E-state index >= 15 is 0 Å². The van der Waals surface area contributed by atoms with Crippen molar-refractivity contribution in [3.8, 4) is 0 Å². The zero-order valence-electron chi connectivity index (χ0n) is 8.23. The minimum Gasteiger partial charge on any atom is -0.299 e. The van der Waals surface area contributed by atoms with E-state index in [1.165, 1.54) is 6.08 Å². The van der Waals surface area contributed by atoms with E-state index in [2.05, 4.69) is 12.0 Å². The second kappa shape index (κ2) is 6.66. The van der Waals surface area contributed by atoms with Crippen molar-refractivity contribution in [3.05, 3.63) is 12.7 Å². The highest BCUT2D eigenvalue weighted by Crippen LogP contribution is 2.02. The minimum absolute atomic E-state index is 0.392. The second-order valence-corrected chi connectivity index (χ2v) is 4.58. The molecule has 0 unspecified atom stereocenters. The van der Waals surface area contributed by atoms with E-state index in [-0.39, 0.29) is 0 Å². The third-order valence-corrected chi connectivity index (χ3v) is 2.12. The van der Waals surface area contributed by atoms with E-state index in [0.717, 1.165) is 0 Å². The quantitative estimate of drug-likeness (QED) is 0.195. The van der Waals surface area contributed by atoms with Gasteiger partial charge in [0.1, 0.15) is 6.29 Å². The van der Waals surface area contributed by atoms with Gasteiger partial charge in [0, 0.05) is 5.54 Å². The summed E-state index contributed by atoms with van der Waals surface area (Å²) >= 11 is 0. The maximum Gasteiger partial charge on any atom is 0.266 e. The van der Waals surface area contributed by atoms with Crippen LogP contribution < -0.4 is 11.3 Å². The van der Waals surface area contributed by atoms with Crippen LogP contribution in [0.3, 0.4) is 0 Å². The fourth-order valence-electron chi connectivity index (χ4n) is 0.498. The smallest absolute Gasteiger partial charge is 0.266 e. The van der Waals surface area contributed by atoms with Crippen LogP contribution in [0.15, 0.2) is 12.7 Å². The zero-order chi connectivity index (χ0) is 11.8. The zero-order valence-corrected chi connectivity index (χ0v) is 9.04. The van der Waals surface area contributed by atoms with Crippen LogP contribution in [0.5, 0.6) is 0 Å². The number of carbonyl (C=O) groups is 1. The molecule has 0 saturated heterocycles. The van der Waals surface area contributed by atoms with Crippen LogP contribution in [-0.4, -0.2) is 30.5 Å². The summed E-state index contributed by atoms with van der Waals surface area (Å²) < 4.78 is 28.9. The van der Waals surface area contributed by atoms with E-state index < -0.39 is 21.4 Å². The molecule has 0 aromatic rings. The van der Waals surface area contributed by atoms with Gasteiger partial charge in [-0.2, -0.15) is 8.42 Å². The number of allylic oxidation sites excluding steroid dienone is 1. The number of aldehydes is 1. The van der Waals surface area contributed by atoms with Gasteiger partial charge in [-0.05, 0) is 19.9 Å². The molecule has 7 heteroatoms. The van der Waals surface area contributed by atoms with Gasteiger partial charge in [-0.3, -0.25) is 20.6 Å². The first-order valence-corrected chi connectivity index (χ1v) is 5.28. The minimum atomic E-state index is -3.94. The summed E-state index contributed by atoms with van der Waals surface area (Å²) in [6.07, 6.45) is 1.83. The lowest BCUT2D eigenvalue weighted by molar-refractivity contribution is -0.104. The predicted octanol–water partition coefficient (Wildman–Crippen LogP) is -0.513. The SMILES string of the molecule is C=CC=O.CC(C)(CS(=O)(=O)O)NN. The van der Waals surface area contributed by atoms with E-state index in [1.54, 1.807) is 13.8 Å². The summed E-state index contributed by atoms with van der Waals surface area (Å²) in [5.41, 5.74) is 1.47. The number of carbonyl (C=O) groups excluding carboxylic acids is 1. The lowest BCUT2D eigenvalue weighted by Gasteiger charge is -2.20. The van der Waals surface area contributed by atoms with Crippen molar-refractivity contribution in [2.24, 2.45) is 5.84 Å². The average molecular weight is 224 g/mol. The molecule has 0 aliphatic rings. The lowest BCUT2D eigenvalue weighted by atomic mass is 10.1. The molecular weight excluding hydrogens is 208 g/mol. The number of rotatable bonds is 4. The standard InChI is InChI=1S/C4H12N2O3S.C3H4O/c1-4(2,6-5)3-10(7,8)9;1-2-3-4/h6H,3,5H2,1-2H3,(H,7,8,9);2-3H,1H2. The van der Waals surface area contributed by atoms with Gasteiger partial charge in [-0.15, -0.1) is 0 Å². The first kappa shape index (κ1) is 15.7. The molecule has 0 aromatic carbocycles. The molecule has 0 heterocycles. The summed E-state index contributed by atoms with van der Waals surface area (Å²) in [7, 11) is -3.94. The van der Waals surface area contributed by atoms with Crippen molar-refractivity contribution in [2.45, 2.75) is 19.4 Å². The summed E-state index contributed by atoms with van der Waals surface area (Å²) in [4.78, 5) is 9.06. The van der Waals surface area contributed by atoms with Crippen LogP contribution in [0.2, 0.25) is 0 Å². The third kappa shape index (κ3) is 13.8. The molecule has 84 valence electrons. The van der Waals surface area contributed by atoms with Crippen molar-refractivity contribution in [1.82, 2.24) is 5.43 Å². The Hall–Kier alpha value is -0.760. The number of hydrogen-bond donors (Lipinski definition) is 3. The molecule has 0 fully saturated rings. The van der Waals surface area contributed by atoms with Gasteiger partial charge >= 0.3 is 0 Å². The van der Waals surface area contributed by atoms with E-state index in [0.29, 0.717) is 6.29 Å². The maximum absolute atomic E-state index is 10.3. The Morgan fingerprint density at radius 1 is 1.57 bits per heavy atom. The van der Waals surface area contributed by atoms with Crippen molar-refractivity contribution < 1.29 is 17.8 Å². The van der Waals surface area contributed by atoms with Crippen molar-refractivity contribution in [1.29, 1.82) is 0 Å². The molecule has 6 nitrogen and oxygen atoms in total. The Morgan fingerprint density at radius 2 is 1.93 bits per heavy atom. The highest BCUT2D eigenvalue weighted by Gasteiger charge is 2.22. The Labute approximate surface area is 83.9 Å². The molecule has 0 aromatic heterocycles. The van der Waals surface area contributed by atoms with Crippen molar-refractivity contribution >= 4 is 16.4 Å². The average Bonchev–Trinajstić information content (AvgIpc) is 2.01. The van der Waals surface area contributed by atoms with E-state index in [9.17, 15) is 8.42 Å². The van der Waals surface area contributed by atoms with Crippen LogP contribution in [0.25, 0.3) is 0 Å². The topological polar surface area (TPSA) is 109 Å². The number of hydrazine groups is 1. The molecule has 0 saturated carbocycles. The summed E-state index contributed by atoms with van der Waals surface area (Å²) in [5, 5.41) is 0. The van der Waals surface area contributed by atoms with Crippen LogP contribution in [0, 0.1) is 0 Å². The van der Waals surface area contributed by atoms with Gasteiger partial charge in [0.25, 0.3) is 10.1 Å². The third-order valence-electron chi connectivity index (χ3n) is 1.03. The monoisotopic (exact) mass is 224 g/mol. The molecule has 0 spiro atoms. The van der Waals surface area contributed by atoms with Gasteiger partial charge in [-0.1, -0.05) is 6.58 Å². The van der Waals surface area contributed by atoms with E-state index in [4.69, 9.17) is 15.2 Å². The van der Waals surface area contributed by atoms with Gasteiger partial charge in [0.05, 0.1) is 5.75 Å². The second-order valence-electron chi connectivity index (χ2n) is 3.13. The molecule has 0 aliphatic heterocycles. The molecule has 0 aliphatic carbocycles. The van der Waals surface area contributed by atoms with Crippen LogP contribution in [0.1, 0.15) is 13.8 Å². The van der Waals surface area contributed by atoms with Crippen molar-refractivity contribution in [2.75, 3.05) is 5.75 Å². The molecule has 14 heavy (non-hydrogen) atoms. The molecular formula is C7H16N2O4S. The number of nitrogens with two attached hydrogens (primary N) is 1. The first-order valence-electron chi connectivity index (χ1n) is 3.67. The Morgan fingerprint density at radius 3 is 2.00 bits per heavy atom. The van der Waals surface area contributed by atoms with Crippen LogP contribution in [-0.2, 0) is 14.9 Å². The fourth-order valence-corrected chi connectivity index (χ4v) is 1.49. The highest BCUT2D eigenvalue weighted by molar-refractivity contribution is 7.85. The molecule has 4 N–H and O–H groups in total. The van der Waals surface area contributed by atoms with Crippen LogP contribution >= 0.6 is 0 Å². The van der Waals surface area contributed by atoms with Gasteiger partial charge < -0.3 is 0 Å². The Bertz CT molecular complexity index is 265. The normalized spacial score (nSPS) is 11.1. The molecule has 0 amide bonds. The largest absolute Gasteiger partial charge is 0.299 e. The Balaban J connectivity index is 0. The van der Waals surface area contributed by atoms with Crippen molar-refractivity contribution in [3.63, 3.8) is 0 Å². The number of nitrogens with one attached hydrogen (secondary N) is 1. The summed E-state index contributed by atoms with van der Waals surface area (Å²) in [6, 6.07) is 0. The summed E-state index contributed by atoms with van der Waals surface area (Å²) in [5.74, 6) is 4.60. The van der Waals surface area contributed by atoms with Gasteiger partial charge in [0.15, 0.2) is 0 Å². The maximum atomic E-state index is 10.3. The summed E-state index contributed by atoms with van der Waals surface area (Å²) in [6.45, 7) is 6.25. The van der Waals surface area contributed by atoms with Gasteiger partial charge in [-0.25, -0.2) is 0 Å². The Kier molecular flexibility index (Phi) is 7.47. The number of hydrogen-bond acceptors (Lipinski definition) is 5. The fraction of sp³-hybridized carbons (Fsp3) is 0.571.